The molecule has 2 N–H and O–H groups in total. The van der Waals surface area contributed by atoms with Gasteiger partial charge in [-0.25, -0.2) is 4.98 Å². The van der Waals surface area contributed by atoms with E-state index in [1.807, 2.05) is 6.07 Å². The molecule has 1 aromatic heterocycles. The first-order valence-corrected chi connectivity index (χ1v) is 8.30. The molecule has 1 aromatic rings. The van der Waals surface area contributed by atoms with Gasteiger partial charge in [0.1, 0.15) is 5.82 Å². The van der Waals surface area contributed by atoms with Gasteiger partial charge in [-0.15, -0.1) is 0 Å². The number of nitrogen functional groups attached to an aromatic ring is 1. The van der Waals surface area contributed by atoms with Crippen molar-refractivity contribution >= 4 is 5.82 Å². The minimum atomic E-state index is 0.469. The minimum absolute atomic E-state index is 0.469. The Morgan fingerprint density at radius 1 is 1.19 bits per heavy atom. The fourth-order valence-electron chi connectivity index (χ4n) is 3.54. The molecular formula is C17H27N3O. The molecule has 116 valence electrons. The smallest absolute Gasteiger partial charge is 0.128 e. The number of aromatic nitrogens is 1. The Bertz CT molecular complexity index is 443. The summed E-state index contributed by atoms with van der Waals surface area (Å²) in [5, 5.41) is 0. The van der Waals surface area contributed by atoms with E-state index in [1.165, 1.54) is 36.8 Å². The SMILES string of the molecule is Cc1ccnc(N)c1CN1CCC(OC2CCCC2)CC1. The number of nitrogens with zero attached hydrogens (tertiary/aromatic N) is 2. The van der Waals surface area contributed by atoms with Crippen molar-refractivity contribution in [2.45, 2.75) is 64.2 Å². The summed E-state index contributed by atoms with van der Waals surface area (Å²) >= 11 is 0. The van der Waals surface area contributed by atoms with E-state index in [-0.39, 0.29) is 0 Å². The minimum Gasteiger partial charge on any atom is -0.383 e. The molecule has 1 saturated heterocycles. The largest absolute Gasteiger partial charge is 0.383 e. The third-order valence-electron chi connectivity index (χ3n) is 4.93. The summed E-state index contributed by atoms with van der Waals surface area (Å²) in [4.78, 5) is 6.70. The Morgan fingerprint density at radius 2 is 1.86 bits per heavy atom. The zero-order chi connectivity index (χ0) is 14.7. The number of rotatable bonds is 4. The second-order valence-electron chi connectivity index (χ2n) is 6.51. The van der Waals surface area contributed by atoms with Gasteiger partial charge in [0.25, 0.3) is 0 Å². The molecule has 3 rings (SSSR count). The average molecular weight is 289 g/mol. The summed E-state index contributed by atoms with van der Waals surface area (Å²) in [7, 11) is 0. The van der Waals surface area contributed by atoms with E-state index in [9.17, 15) is 0 Å². The molecule has 0 aromatic carbocycles. The molecule has 0 unspecified atom stereocenters. The number of hydrogen-bond donors (Lipinski definition) is 1. The van der Waals surface area contributed by atoms with Crippen LogP contribution in [0.15, 0.2) is 12.3 Å². The standard InChI is InChI=1S/C17H27N3O/c1-13-6-9-19-17(18)16(13)12-20-10-7-15(8-11-20)21-14-4-2-3-5-14/h6,9,14-15H,2-5,7-8,10-12H2,1H3,(H2,18,19). The molecule has 1 saturated carbocycles. The monoisotopic (exact) mass is 289 g/mol. The summed E-state index contributed by atoms with van der Waals surface area (Å²) < 4.78 is 6.23. The van der Waals surface area contributed by atoms with Crippen molar-refractivity contribution in [3.63, 3.8) is 0 Å². The lowest BCUT2D eigenvalue weighted by Gasteiger charge is -2.33. The first kappa shape index (κ1) is 14.8. The predicted molar refractivity (Wildman–Crippen MR) is 85.0 cm³/mol. The van der Waals surface area contributed by atoms with E-state index >= 15 is 0 Å². The van der Waals surface area contributed by atoms with Crippen molar-refractivity contribution in [1.29, 1.82) is 0 Å². The van der Waals surface area contributed by atoms with Gasteiger partial charge in [-0.2, -0.15) is 0 Å². The van der Waals surface area contributed by atoms with E-state index < -0.39 is 0 Å². The second-order valence-corrected chi connectivity index (χ2v) is 6.51. The molecule has 0 atom stereocenters. The number of hydrogen-bond acceptors (Lipinski definition) is 4. The van der Waals surface area contributed by atoms with E-state index in [4.69, 9.17) is 10.5 Å². The van der Waals surface area contributed by atoms with Gasteiger partial charge < -0.3 is 10.5 Å². The molecular weight excluding hydrogens is 262 g/mol. The number of aryl methyl sites for hydroxylation is 1. The topological polar surface area (TPSA) is 51.4 Å². The van der Waals surface area contributed by atoms with Crippen LogP contribution in [0.2, 0.25) is 0 Å². The van der Waals surface area contributed by atoms with E-state index in [0.29, 0.717) is 18.0 Å². The predicted octanol–water partition coefficient (Wildman–Crippen LogP) is 2.90. The second kappa shape index (κ2) is 6.75. The van der Waals surface area contributed by atoms with Gasteiger partial charge in [0, 0.05) is 31.4 Å². The van der Waals surface area contributed by atoms with Crippen LogP contribution in [0.1, 0.15) is 49.7 Å². The van der Waals surface area contributed by atoms with Crippen LogP contribution in [-0.2, 0) is 11.3 Å². The Kier molecular flexibility index (Phi) is 4.76. The Hall–Kier alpha value is -1.13. The number of piperidine rings is 1. The zero-order valence-corrected chi connectivity index (χ0v) is 13.1. The maximum atomic E-state index is 6.23. The summed E-state index contributed by atoms with van der Waals surface area (Å²) in [5.41, 5.74) is 8.44. The Labute approximate surface area is 127 Å². The Morgan fingerprint density at radius 3 is 2.52 bits per heavy atom. The number of nitrogens with two attached hydrogens (primary N) is 1. The molecule has 0 radical (unpaired) electrons. The molecule has 4 nitrogen and oxygen atoms in total. The number of anilines is 1. The van der Waals surface area contributed by atoms with Crippen molar-refractivity contribution in [2.24, 2.45) is 0 Å². The van der Waals surface area contributed by atoms with E-state index in [0.717, 1.165) is 32.5 Å². The van der Waals surface area contributed by atoms with Gasteiger partial charge in [0.15, 0.2) is 0 Å². The highest BCUT2D eigenvalue weighted by atomic mass is 16.5. The van der Waals surface area contributed by atoms with Gasteiger partial charge in [0.2, 0.25) is 0 Å². The van der Waals surface area contributed by atoms with Crippen LogP contribution in [0.3, 0.4) is 0 Å². The quantitative estimate of drug-likeness (QED) is 0.926. The van der Waals surface area contributed by atoms with Crippen LogP contribution in [0, 0.1) is 6.92 Å². The Balaban J connectivity index is 1.49. The van der Waals surface area contributed by atoms with Gasteiger partial charge in [-0.1, -0.05) is 12.8 Å². The van der Waals surface area contributed by atoms with Crippen LogP contribution in [0.5, 0.6) is 0 Å². The van der Waals surface area contributed by atoms with Crippen LogP contribution < -0.4 is 5.73 Å². The molecule has 1 aliphatic heterocycles. The first-order valence-electron chi connectivity index (χ1n) is 8.30. The molecule has 21 heavy (non-hydrogen) atoms. The van der Waals surface area contributed by atoms with Crippen molar-refractivity contribution in [3.05, 3.63) is 23.4 Å². The van der Waals surface area contributed by atoms with Crippen LogP contribution >= 0.6 is 0 Å². The third kappa shape index (κ3) is 3.74. The molecule has 2 heterocycles. The summed E-state index contributed by atoms with van der Waals surface area (Å²) in [6.07, 6.45) is 10.3. The molecule has 2 aliphatic rings. The number of pyridine rings is 1. The van der Waals surface area contributed by atoms with Crippen molar-refractivity contribution in [3.8, 4) is 0 Å². The fraction of sp³-hybridized carbons (Fsp3) is 0.706. The van der Waals surface area contributed by atoms with Gasteiger partial charge in [-0.3, -0.25) is 4.90 Å². The fourth-order valence-corrected chi connectivity index (χ4v) is 3.54. The van der Waals surface area contributed by atoms with Crippen molar-refractivity contribution in [1.82, 2.24) is 9.88 Å². The third-order valence-corrected chi connectivity index (χ3v) is 4.93. The van der Waals surface area contributed by atoms with Gasteiger partial charge >= 0.3 is 0 Å². The lowest BCUT2D eigenvalue weighted by molar-refractivity contribution is -0.0399. The van der Waals surface area contributed by atoms with Crippen molar-refractivity contribution in [2.75, 3.05) is 18.8 Å². The average Bonchev–Trinajstić information content (AvgIpc) is 2.98. The van der Waals surface area contributed by atoms with Crippen LogP contribution in [-0.4, -0.2) is 35.2 Å². The van der Waals surface area contributed by atoms with E-state index in [2.05, 4.69) is 16.8 Å². The first-order chi connectivity index (χ1) is 10.2. The lowest BCUT2D eigenvalue weighted by Crippen LogP contribution is -2.38. The normalized spacial score (nSPS) is 22.0. The maximum absolute atomic E-state index is 6.23. The lowest BCUT2D eigenvalue weighted by atomic mass is 10.0. The molecule has 0 amide bonds. The summed E-state index contributed by atoms with van der Waals surface area (Å²) in [5.74, 6) is 0.680. The maximum Gasteiger partial charge on any atom is 0.128 e. The van der Waals surface area contributed by atoms with Crippen LogP contribution in [0.4, 0.5) is 5.82 Å². The van der Waals surface area contributed by atoms with Crippen molar-refractivity contribution < 1.29 is 4.74 Å². The molecule has 2 fully saturated rings. The highest BCUT2D eigenvalue weighted by Gasteiger charge is 2.25. The van der Waals surface area contributed by atoms with Gasteiger partial charge in [0.05, 0.1) is 12.2 Å². The zero-order valence-electron chi connectivity index (χ0n) is 13.1. The highest BCUT2D eigenvalue weighted by molar-refractivity contribution is 5.43. The van der Waals surface area contributed by atoms with Gasteiger partial charge in [-0.05, 0) is 44.2 Å². The molecule has 4 heteroatoms. The highest BCUT2D eigenvalue weighted by Crippen LogP contribution is 2.26. The molecule has 0 spiro atoms. The summed E-state index contributed by atoms with van der Waals surface area (Å²) in [6.45, 7) is 5.24. The van der Waals surface area contributed by atoms with Crippen LogP contribution in [0.25, 0.3) is 0 Å². The number of ether oxygens (including phenoxy) is 1. The molecule has 1 aliphatic carbocycles. The molecule has 0 bridgehead atoms. The van der Waals surface area contributed by atoms with E-state index in [1.54, 1.807) is 6.20 Å². The number of likely N-dealkylation sites (tertiary alicyclic amines) is 1. The summed E-state index contributed by atoms with van der Waals surface area (Å²) in [6, 6.07) is 2.04.